The first-order valence-electron chi connectivity index (χ1n) is 3.58. The van der Waals surface area contributed by atoms with Gasteiger partial charge in [-0.15, -0.1) is 0 Å². The molecule has 2 nitrogen and oxygen atoms in total. The lowest BCUT2D eigenvalue weighted by Gasteiger charge is -2.01. The van der Waals surface area contributed by atoms with Gasteiger partial charge < -0.3 is 5.32 Å². The van der Waals surface area contributed by atoms with Crippen molar-refractivity contribution in [3.8, 4) is 0 Å². The molecule has 0 saturated heterocycles. The molecule has 0 unspecified atom stereocenters. The number of anilines is 1. The number of amides is 1. The predicted octanol–water partition coefficient (Wildman–Crippen LogP) is 1.99. The highest BCUT2D eigenvalue weighted by atomic mass is 19.1. The van der Waals surface area contributed by atoms with E-state index in [1.165, 1.54) is 18.6 Å². The van der Waals surface area contributed by atoms with Crippen LogP contribution in [0.15, 0.2) is 24.3 Å². The quantitative estimate of drug-likeness (QED) is 0.715. The molecule has 1 radical (unpaired) electrons. The Hall–Kier alpha value is -1.38. The lowest BCUT2D eigenvalue weighted by atomic mass is 10.3. The normalized spacial score (nSPS) is 9.50. The lowest BCUT2D eigenvalue weighted by Crippen LogP contribution is -2.09. The fourth-order valence-electron chi connectivity index (χ4n) is 0.781. The second-order valence-electron chi connectivity index (χ2n) is 2.29. The Morgan fingerprint density at radius 3 is 2.92 bits per heavy atom. The number of carbonyl (C=O) groups excluding carboxylic acids is 1. The number of nitrogens with one attached hydrogen (secondary N) is 1. The van der Waals surface area contributed by atoms with Crippen molar-refractivity contribution in [1.82, 2.24) is 0 Å². The van der Waals surface area contributed by atoms with Crippen LogP contribution in [0.25, 0.3) is 0 Å². The zero-order chi connectivity index (χ0) is 8.97. The summed E-state index contributed by atoms with van der Waals surface area (Å²) in [6.07, 6.45) is 1.38. The summed E-state index contributed by atoms with van der Waals surface area (Å²) in [7, 11) is 0. The second kappa shape index (κ2) is 3.85. The standard InChI is InChI=1S/C9H9FNO/c1-2-9(12)11-8-5-3-4-7(10)6-8/h2-6H,1H3,(H,11,12). The Balaban J connectivity index is 2.69. The van der Waals surface area contributed by atoms with Crippen LogP contribution in [0.2, 0.25) is 0 Å². The van der Waals surface area contributed by atoms with Crippen molar-refractivity contribution < 1.29 is 9.18 Å². The number of benzene rings is 1. The first kappa shape index (κ1) is 8.71. The van der Waals surface area contributed by atoms with Crippen LogP contribution in [0.3, 0.4) is 0 Å². The maximum Gasteiger partial charge on any atom is 0.227 e. The van der Waals surface area contributed by atoms with Crippen LogP contribution < -0.4 is 5.32 Å². The number of carbonyl (C=O) groups is 1. The van der Waals surface area contributed by atoms with Gasteiger partial charge in [0.1, 0.15) is 5.82 Å². The van der Waals surface area contributed by atoms with Gasteiger partial charge in [0.05, 0.1) is 0 Å². The monoisotopic (exact) mass is 166 g/mol. The fourth-order valence-corrected chi connectivity index (χ4v) is 0.781. The fraction of sp³-hybridized carbons (Fsp3) is 0.111. The summed E-state index contributed by atoms with van der Waals surface area (Å²) < 4.78 is 12.6. The molecule has 0 aromatic heterocycles. The lowest BCUT2D eigenvalue weighted by molar-refractivity contribution is -0.113. The molecule has 1 aromatic rings. The summed E-state index contributed by atoms with van der Waals surface area (Å²) in [4.78, 5) is 10.8. The van der Waals surface area contributed by atoms with Gasteiger partial charge in [-0.1, -0.05) is 13.0 Å². The van der Waals surface area contributed by atoms with Gasteiger partial charge in [-0.05, 0) is 18.2 Å². The maximum atomic E-state index is 12.6. The zero-order valence-electron chi connectivity index (χ0n) is 6.67. The van der Waals surface area contributed by atoms with E-state index < -0.39 is 0 Å². The van der Waals surface area contributed by atoms with Crippen molar-refractivity contribution in [2.24, 2.45) is 0 Å². The Labute approximate surface area is 70.4 Å². The minimum Gasteiger partial charge on any atom is -0.326 e. The highest BCUT2D eigenvalue weighted by Crippen LogP contribution is 2.08. The third-order valence-electron chi connectivity index (χ3n) is 1.35. The molecular formula is C9H9FNO. The Morgan fingerprint density at radius 1 is 1.58 bits per heavy atom. The topological polar surface area (TPSA) is 29.1 Å². The summed E-state index contributed by atoms with van der Waals surface area (Å²) in [5.41, 5.74) is 0.470. The SMILES string of the molecule is C[CH]C(=O)Nc1cccc(F)c1. The van der Waals surface area contributed by atoms with Crippen LogP contribution in [0.1, 0.15) is 6.92 Å². The molecule has 0 aliphatic heterocycles. The van der Waals surface area contributed by atoms with Crippen LogP contribution in [-0.2, 0) is 4.79 Å². The van der Waals surface area contributed by atoms with Crippen LogP contribution in [-0.4, -0.2) is 5.91 Å². The van der Waals surface area contributed by atoms with Gasteiger partial charge in [0.2, 0.25) is 5.91 Å². The Morgan fingerprint density at radius 2 is 2.33 bits per heavy atom. The van der Waals surface area contributed by atoms with E-state index >= 15 is 0 Å². The van der Waals surface area contributed by atoms with E-state index in [9.17, 15) is 9.18 Å². The molecule has 0 heterocycles. The van der Waals surface area contributed by atoms with Gasteiger partial charge in [0, 0.05) is 12.1 Å². The molecule has 1 amide bonds. The first-order valence-corrected chi connectivity index (χ1v) is 3.58. The highest BCUT2D eigenvalue weighted by molar-refractivity contribution is 5.96. The van der Waals surface area contributed by atoms with Gasteiger partial charge in [-0.2, -0.15) is 0 Å². The Bertz CT molecular complexity index is 286. The van der Waals surface area contributed by atoms with Gasteiger partial charge in [0.15, 0.2) is 0 Å². The summed E-state index contributed by atoms with van der Waals surface area (Å²) in [6, 6.07) is 5.76. The van der Waals surface area contributed by atoms with Crippen molar-refractivity contribution >= 4 is 11.6 Å². The molecule has 1 N–H and O–H groups in total. The molecule has 1 aromatic carbocycles. The van der Waals surface area contributed by atoms with Gasteiger partial charge in [0.25, 0.3) is 0 Å². The number of hydrogen-bond donors (Lipinski definition) is 1. The smallest absolute Gasteiger partial charge is 0.227 e. The molecule has 0 saturated carbocycles. The second-order valence-corrected chi connectivity index (χ2v) is 2.29. The van der Waals surface area contributed by atoms with E-state index in [0.717, 1.165) is 0 Å². The predicted molar refractivity (Wildman–Crippen MR) is 45.0 cm³/mol. The van der Waals surface area contributed by atoms with Gasteiger partial charge in [-0.25, -0.2) is 4.39 Å². The minimum absolute atomic E-state index is 0.236. The third kappa shape index (κ3) is 2.34. The third-order valence-corrected chi connectivity index (χ3v) is 1.35. The van der Waals surface area contributed by atoms with E-state index in [0.29, 0.717) is 5.69 Å². The van der Waals surface area contributed by atoms with Crippen LogP contribution in [0.4, 0.5) is 10.1 Å². The minimum atomic E-state index is -0.357. The van der Waals surface area contributed by atoms with E-state index in [4.69, 9.17) is 0 Å². The number of hydrogen-bond acceptors (Lipinski definition) is 1. The maximum absolute atomic E-state index is 12.6. The van der Waals surface area contributed by atoms with Crippen molar-refractivity contribution in [3.63, 3.8) is 0 Å². The summed E-state index contributed by atoms with van der Waals surface area (Å²) in [5, 5.41) is 2.50. The van der Waals surface area contributed by atoms with E-state index in [2.05, 4.69) is 5.32 Å². The van der Waals surface area contributed by atoms with E-state index in [1.807, 2.05) is 0 Å². The number of halogens is 1. The largest absolute Gasteiger partial charge is 0.326 e. The highest BCUT2D eigenvalue weighted by Gasteiger charge is 1.98. The van der Waals surface area contributed by atoms with Crippen LogP contribution >= 0.6 is 0 Å². The number of rotatable bonds is 2. The molecular weight excluding hydrogens is 157 g/mol. The van der Waals surface area contributed by atoms with E-state index in [1.54, 1.807) is 19.1 Å². The van der Waals surface area contributed by atoms with Crippen molar-refractivity contribution in [2.45, 2.75) is 6.92 Å². The van der Waals surface area contributed by atoms with Gasteiger partial charge >= 0.3 is 0 Å². The molecule has 63 valence electrons. The summed E-state index contributed by atoms with van der Waals surface area (Å²) in [6.45, 7) is 1.62. The molecule has 3 heteroatoms. The molecule has 1 rings (SSSR count). The first-order chi connectivity index (χ1) is 5.72. The van der Waals surface area contributed by atoms with Crippen LogP contribution in [0, 0.1) is 12.2 Å². The molecule has 0 atom stereocenters. The summed E-state index contributed by atoms with van der Waals surface area (Å²) >= 11 is 0. The van der Waals surface area contributed by atoms with Gasteiger partial charge in [-0.3, -0.25) is 4.79 Å². The van der Waals surface area contributed by atoms with Crippen molar-refractivity contribution in [3.05, 3.63) is 36.5 Å². The van der Waals surface area contributed by atoms with Crippen molar-refractivity contribution in [2.75, 3.05) is 5.32 Å². The zero-order valence-corrected chi connectivity index (χ0v) is 6.67. The molecule has 0 aliphatic carbocycles. The Kier molecular flexibility index (Phi) is 2.80. The summed E-state index contributed by atoms with van der Waals surface area (Å²) in [5.74, 6) is -0.593. The molecule has 0 fully saturated rings. The average Bonchev–Trinajstić information content (AvgIpc) is 2.04. The molecule has 0 aliphatic rings. The van der Waals surface area contributed by atoms with Crippen LogP contribution in [0.5, 0.6) is 0 Å². The molecule has 0 spiro atoms. The molecule has 0 bridgehead atoms. The van der Waals surface area contributed by atoms with E-state index in [-0.39, 0.29) is 11.7 Å². The van der Waals surface area contributed by atoms with Crippen molar-refractivity contribution in [1.29, 1.82) is 0 Å². The average molecular weight is 166 g/mol. The molecule has 12 heavy (non-hydrogen) atoms.